The molecule has 64 heavy (non-hydrogen) atoms. The first-order valence-electron chi connectivity index (χ1n) is 22.0. The van der Waals surface area contributed by atoms with Crippen molar-refractivity contribution in [2.75, 3.05) is 4.90 Å². The molecule has 0 aliphatic heterocycles. The van der Waals surface area contributed by atoms with Gasteiger partial charge in [0.05, 0.1) is 16.7 Å². The van der Waals surface area contributed by atoms with Crippen molar-refractivity contribution in [3.05, 3.63) is 255 Å². The van der Waals surface area contributed by atoms with Gasteiger partial charge < -0.3 is 9.47 Å². The standard InChI is InChI=1S/C62H42N2/c1-4-18-43(19-5-1)52-26-12-13-28-57(52)61-54(44-20-6-2-7-21-44)29-17-33-60(61)63(50-40-41-53-47(42-50)35-34-45-22-10-11-25-51(45)53)49-38-36-46(37-39-49)55-30-16-31-58-56-27-14-15-32-59(56)64(62(55)58)48-23-8-3-9-24-48/h1-42H. The smallest absolute Gasteiger partial charge is 0.0619 e. The molecule has 300 valence electrons. The van der Waals surface area contributed by atoms with Gasteiger partial charge >= 0.3 is 0 Å². The van der Waals surface area contributed by atoms with Gasteiger partial charge in [-0.1, -0.05) is 206 Å². The van der Waals surface area contributed by atoms with Crippen molar-refractivity contribution >= 4 is 60.4 Å². The van der Waals surface area contributed by atoms with Gasteiger partial charge in [0, 0.05) is 39.0 Å². The third kappa shape index (κ3) is 6.35. The first-order chi connectivity index (χ1) is 31.8. The molecule has 0 fully saturated rings. The Morgan fingerprint density at radius 2 is 0.828 bits per heavy atom. The Labute approximate surface area is 373 Å². The van der Waals surface area contributed by atoms with E-state index in [4.69, 9.17) is 0 Å². The van der Waals surface area contributed by atoms with Crippen molar-refractivity contribution < 1.29 is 0 Å². The van der Waals surface area contributed by atoms with E-state index < -0.39 is 0 Å². The first-order valence-corrected chi connectivity index (χ1v) is 22.0. The third-order valence-electron chi connectivity index (χ3n) is 12.8. The van der Waals surface area contributed by atoms with E-state index in [1.54, 1.807) is 0 Å². The summed E-state index contributed by atoms with van der Waals surface area (Å²) in [6.45, 7) is 0. The van der Waals surface area contributed by atoms with Gasteiger partial charge in [-0.15, -0.1) is 0 Å². The van der Waals surface area contributed by atoms with Crippen LogP contribution in [0.1, 0.15) is 0 Å². The van der Waals surface area contributed by atoms with Crippen LogP contribution in [0.25, 0.3) is 93.5 Å². The highest BCUT2D eigenvalue weighted by Gasteiger charge is 2.24. The van der Waals surface area contributed by atoms with Crippen molar-refractivity contribution in [2.45, 2.75) is 0 Å². The zero-order valence-corrected chi connectivity index (χ0v) is 35.1. The largest absolute Gasteiger partial charge is 0.310 e. The second-order valence-corrected chi connectivity index (χ2v) is 16.4. The highest BCUT2D eigenvalue weighted by molar-refractivity contribution is 6.14. The molecule has 0 N–H and O–H groups in total. The van der Waals surface area contributed by atoms with Gasteiger partial charge in [0.25, 0.3) is 0 Å². The molecule has 11 aromatic carbocycles. The van der Waals surface area contributed by atoms with E-state index in [-0.39, 0.29) is 0 Å². The van der Waals surface area contributed by atoms with E-state index in [9.17, 15) is 0 Å². The van der Waals surface area contributed by atoms with Gasteiger partial charge in [-0.05, 0) is 103 Å². The molecular formula is C62H42N2. The number of anilines is 3. The van der Waals surface area contributed by atoms with Gasteiger partial charge in [0.2, 0.25) is 0 Å². The minimum absolute atomic E-state index is 1.07. The first kappa shape index (κ1) is 37.3. The molecule has 1 heterocycles. The van der Waals surface area contributed by atoms with E-state index in [2.05, 4.69) is 264 Å². The Balaban J connectivity index is 1.10. The number of para-hydroxylation sites is 3. The number of hydrogen-bond donors (Lipinski definition) is 0. The van der Waals surface area contributed by atoms with Crippen LogP contribution in [0.15, 0.2) is 255 Å². The number of rotatable bonds is 8. The summed E-state index contributed by atoms with van der Waals surface area (Å²) in [5, 5.41) is 7.43. The topological polar surface area (TPSA) is 8.17 Å². The fourth-order valence-electron chi connectivity index (χ4n) is 9.89. The number of hydrogen-bond acceptors (Lipinski definition) is 1. The molecule has 0 spiro atoms. The van der Waals surface area contributed by atoms with Gasteiger partial charge in [0.15, 0.2) is 0 Å². The molecule has 1 aromatic heterocycles. The maximum absolute atomic E-state index is 2.46. The molecule has 12 rings (SSSR count). The Kier molecular flexibility index (Phi) is 9.20. The van der Waals surface area contributed by atoms with Crippen LogP contribution >= 0.6 is 0 Å². The zero-order valence-electron chi connectivity index (χ0n) is 35.1. The molecule has 0 aliphatic rings. The van der Waals surface area contributed by atoms with Crippen LogP contribution in [0.2, 0.25) is 0 Å². The molecule has 0 unspecified atom stereocenters. The molecular weight excluding hydrogens is 773 g/mol. The van der Waals surface area contributed by atoms with Crippen LogP contribution < -0.4 is 4.90 Å². The van der Waals surface area contributed by atoms with E-state index >= 15 is 0 Å². The lowest BCUT2D eigenvalue weighted by Crippen LogP contribution is -2.12. The lowest BCUT2D eigenvalue weighted by Gasteiger charge is -2.30. The van der Waals surface area contributed by atoms with Crippen molar-refractivity contribution in [3.8, 4) is 50.2 Å². The SMILES string of the molecule is c1ccc(-c2ccccc2-c2c(-c3ccccc3)cccc2N(c2ccc(-c3cccc4c5ccccc5n(-c5ccccc5)c34)cc2)c2ccc3c(ccc4ccccc43)c2)cc1. The van der Waals surface area contributed by atoms with E-state index in [1.807, 2.05) is 0 Å². The molecule has 0 bridgehead atoms. The van der Waals surface area contributed by atoms with E-state index in [0.29, 0.717) is 0 Å². The van der Waals surface area contributed by atoms with Crippen LogP contribution in [-0.4, -0.2) is 4.57 Å². The van der Waals surface area contributed by atoms with Gasteiger partial charge in [-0.25, -0.2) is 0 Å². The summed E-state index contributed by atoms with van der Waals surface area (Å²) in [5.74, 6) is 0. The summed E-state index contributed by atoms with van der Waals surface area (Å²) in [4.78, 5) is 2.46. The van der Waals surface area contributed by atoms with Gasteiger partial charge in [-0.2, -0.15) is 0 Å². The summed E-state index contributed by atoms with van der Waals surface area (Å²) in [6, 6.07) is 92.8. The second-order valence-electron chi connectivity index (χ2n) is 16.4. The van der Waals surface area contributed by atoms with Crippen LogP contribution in [-0.2, 0) is 0 Å². The van der Waals surface area contributed by atoms with Gasteiger partial charge in [-0.3, -0.25) is 0 Å². The molecule has 2 heteroatoms. The lowest BCUT2D eigenvalue weighted by atomic mass is 9.87. The van der Waals surface area contributed by atoms with E-state index in [0.717, 1.165) is 28.3 Å². The van der Waals surface area contributed by atoms with Crippen molar-refractivity contribution in [3.63, 3.8) is 0 Å². The predicted molar refractivity (Wildman–Crippen MR) is 272 cm³/mol. The second kappa shape index (κ2) is 15.8. The molecule has 0 amide bonds. The highest BCUT2D eigenvalue weighted by atomic mass is 15.1. The van der Waals surface area contributed by atoms with Crippen LogP contribution in [0.3, 0.4) is 0 Å². The Bertz CT molecular complexity index is 3640. The Morgan fingerprint density at radius 3 is 1.61 bits per heavy atom. The van der Waals surface area contributed by atoms with Gasteiger partial charge in [0.1, 0.15) is 0 Å². The minimum atomic E-state index is 1.07. The Hall–Kier alpha value is -8.46. The maximum Gasteiger partial charge on any atom is 0.0619 e. The minimum Gasteiger partial charge on any atom is -0.310 e. The maximum atomic E-state index is 2.46. The monoisotopic (exact) mass is 814 g/mol. The lowest BCUT2D eigenvalue weighted by molar-refractivity contribution is 1.18. The normalized spacial score (nSPS) is 11.4. The van der Waals surface area contributed by atoms with Crippen LogP contribution in [0, 0.1) is 0 Å². The average Bonchev–Trinajstić information content (AvgIpc) is 3.72. The van der Waals surface area contributed by atoms with E-state index in [1.165, 1.54) is 82.3 Å². The predicted octanol–water partition coefficient (Wildman–Crippen LogP) is 17.2. The van der Waals surface area contributed by atoms with Crippen molar-refractivity contribution in [1.82, 2.24) is 4.57 Å². The summed E-state index contributed by atoms with van der Waals surface area (Å²) in [5.41, 5.74) is 16.2. The number of aromatic nitrogens is 1. The third-order valence-corrected chi connectivity index (χ3v) is 12.8. The molecule has 0 saturated carbocycles. The van der Waals surface area contributed by atoms with Crippen molar-refractivity contribution in [1.29, 1.82) is 0 Å². The average molecular weight is 815 g/mol. The Morgan fingerprint density at radius 1 is 0.297 bits per heavy atom. The summed E-state index contributed by atoms with van der Waals surface area (Å²) in [7, 11) is 0. The molecule has 0 aliphatic carbocycles. The number of nitrogens with zero attached hydrogens (tertiary/aromatic N) is 2. The molecule has 0 saturated heterocycles. The molecule has 2 nitrogen and oxygen atoms in total. The highest BCUT2D eigenvalue weighted by Crippen LogP contribution is 2.49. The molecule has 0 radical (unpaired) electrons. The summed E-state index contributed by atoms with van der Waals surface area (Å²) >= 11 is 0. The zero-order chi connectivity index (χ0) is 42.4. The number of benzene rings is 11. The summed E-state index contributed by atoms with van der Waals surface area (Å²) in [6.07, 6.45) is 0. The summed E-state index contributed by atoms with van der Waals surface area (Å²) < 4.78 is 2.42. The molecule has 12 aromatic rings. The fourth-order valence-corrected chi connectivity index (χ4v) is 9.89. The molecule has 0 atom stereocenters. The van der Waals surface area contributed by atoms with Crippen LogP contribution in [0.5, 0.6) is 0 Å². The van der Waals surface area contributed by atoms with Crippen molar-refractivity contribution in [2.24, 2.45) is 0 Å². The quantitative estimate of drug-likeness (QED) is 0.139. The number of fused-ring (bicyclic) bond motifs is 6. The van der Waals surface area contributed by atoms with Crippen LogP contribution in [0.4, 0.5) is 17.1 Å². The fraction of sp³-hybridized carbons (Fsp3) is 0.